The van der Waals surface area contributed by atoms with Gasteiger partial charge in [0.1, 0.15) is 11.5 Å². The Labute approximate surface area is 114 Å². The van der Waals surface area contributed by atoms with E-state index in [0.717, 1.165) is 41.9 Å². The van der Waals surface area contributed by atoms with Gasteiger partial charge in [-0.3, -0.25) is 10.2 Å². The van der Waals surface area contributed by atoms with Gasteiger partial charge in [0, 0.05) is 12.5 Å². The molecule has 0 atom stereocenters. The van der Waals surface area contributed by atoms with E-state index in [9.17, 15) is 4.79 Å². The number of carbonyl (C=O) groups is 1. The molecule has 0 spiro atoms. The summed E-state index contributed by atoms with van der Waals surface area (Å²) >= 11 is 0. The molecule has 19 heavy (non-hydrogen) atoms. The summed E-state index contributed by atoms with van der Waals surface area (Å²) in [6.45, 7) is 2.03. The minimum atomic E-state index is -0.126. The predicted octanol–water partition coefficient (Wildman–Crippen LogP) is 1.71. The van der Waals surface area contributed by atoms with Crippen molar-refractivity contribution in [3.05, 3.63) is 23.3 Å². The van der Waals surface area contributed by atoms with Crippen molar-refractivity contribution in [1.29, 1.82) is 0 Å². The molecule has 0 heterocycles. The maximum Gasteiger partial charge on any atom is 0.233 e. The summed E-state index contributed by atoms with van der Waals surface area (Å²) in [5.74, 6) is 6.53. The third kappa shape index (κ3) is 4.44. The number of hydrogen-bond acceptors (Lipinski definition) is 4. The van der Waals surface area contributed by atoms with Gasteiger partial charge in [-0.15, -0.1) is 0 Å². The average molecular weight is 266 g/mol. The van der Waals surface area contributed by atoms with Crippen LogP contribution in [0, 0.1) is 6.92 Å². The lowest BCUT2D eigenvalue weighted by atomic mass is 10.0. The number of hydrogen-bond donors (Lipinski definition) is 2. The molecule has 106 valence electrons. The van der Waals surface area contributed by atoms with E-state index >= 15 is 0 Å². The van der Waals surface area contributed by atoms with Crippen molar-refractivity contribution >= 4 is 5.91 Å². The molecule has 3 N–H and O–H groups in total. The summed E-state index contributed by atoms with van der Waals surface area (Å²) in [5.41, 5.74) is 4.43. The molecule has 1 amide bonds. The summed E-state index contributed by atoms with van der Waals surface area (Å²) in [6.07, 6.45) is 3.04. The van der Waals surface area contributed by atoms with Crippen molar-refractivity contribution in [1.82, 2.24) is 5.43 Å². The fraction of sp³-hybridized carbons (Fsp3) is 0.500. The Morgan fingerprint density at radius 3 is 2.58 bits per heavy atom. The number of amides is 1. The van der Waals surface area contributed by atoms with Crippen LogP contribution in [0.15, 0.2) is 12.1 Å². The van der Waals surface area contributed by atoms with Crippen molar-refractivity contribution in [2.75, 3.05) is 14.2 Å². The number of rotatable bonds is 7. The molecule has 0 bridgehead atoms. The van der Waals surface area contributed by atoms with Gasteiger partial charge in [-0.25, -0.2) is 5.84 Å². The van der Waals surface area contributed by atoms with Gasteiger partial charge >= 0.3 is 0 Å². The second-order valence-electron chi connectivity index (χ2n) is 4.40. The Morgan fingerprint density at radius 1 is 1.26 bits per heavy atom. The number of nitrogens with one attached hydrogen (secondary N) is 1. The highest BCUT2D eigenvalue weighted by Crippen LogP contribution is 2.29. The van der Waals surface area contributed by atoms with Crippen LogP contribution in [0.3, 0.4) is 0 Å². The number of carbonyl (C=O) groups excluding carboxylic acids is 1. The summed E-state index contributed by atoms with van der Waals surface area (Å²) < 4.78 is 10.6. The van der Waals surface area contributed by atoms with Crippen molar-refractivity contribution in [3.8, 4) is 11.5 Å². The highest BCUT2D eigenvalue weighted by atomic mass is 16.5. The smallest absolute Gasteiger partial charge is 0.233 e. The minimum absolute atomic E-state index is 0.126. The fourth-order valence-electron chi connectivity index (χ4n) is 2.03. The molecule has 0 saturated carbocycles. The van der Waals surface area contributed by atoms with Gasteiger partial charge in [-0.05, 0) is 43.4 Å². The third-order valence-corrected chi connectivity index (χ3v) is 3.10. The Bertz CT molecular complexity index is 433. The van der Waals surface area contributed by atoms with E-state index in [2.05, 4.69) is 5.43 Å². The van der Waals surface area contributed by atoms with Crippen molar-refractivity contribution in [2.24, 2.45) is 5.84 Å². The van der Waals surface area contributed by atoms with Gasteiger partial charge in [-0.1, -0.05) is 0 Å². The highest BCUT2D eigenvalue weighted by Gasteiger charge is 2.09. The first-order chi connectivity index (χ1) is 9.12. The van der Waals surface area contributed by atoms with Gasteiger partial charge in [0.2, 0.25) is 5.91 Å². The first kappa shape index (κ1) is 15.3. The Kier molecular flexibility index (Phi) is 6.15. The monoisotopic (exact) mass is 266 g/mol. The van der Waals surface area contributed by atoms with Crippen LogP contribution in [0.1, 0.15) is 30.4 Å². The van der Waals surface area contributed by atoms with E-state index in [0.29, 0.717) is 6.42 Å². The van der Waals surface area contributed by atoms with E-state index in [1.807, 2.05) is 19.1 Å². The summed E-state index contributed by atoms with van der Waals surface area (Å²) in [4.78, 5) is 11.0. The van der Waals surface area contributed by atoms with Gasteiger partial charge in [0.15, 0.2) is 0 Å². The van der Waals surface area contributed by atoms with E-state index in [1.54, 1.807) is 14.2 Å². The Hall–Kier alpha value is -1.75. The molecular weight excluding hydrogens is 244 g/mol. The van der Waals surface area contributed by atoms with E-state index in [4.69, 9.17) is 15.3 Å². The lowest BCUT2D eigenvalue weighted by Crippen LogP contribution is -2.29. The number of hydrazine groups is 1. The van der Waals surface area contributed by atoms with Crippen molar-refractivity contribution < 1.29 is 14.3 Å². The van der Waals surface area contributed by atoms with E-state index in [-0.39, 0.29) is 5.91 Å². The maximum absolute atomic E-state index is 11.0. The number of methoxy groups -OCH3 is 2. The largest absolute Gasteiger partial charge is 0.497 e. The molecule has 5 nitrogen and oxygen atoms in total. The second kappa shape index (κ2) is 7.63. The second-order valence-corrected chi connectivity index (χ2v) is 4.40. The van der Waals surface area contributed by atoms with Crippen LogP contribution in [0.5, 0.6) is 11.5 Å². The summed E-state index contributed by atoms with van der Waals surface area (Å²) in [7, 11) is 3.29. The number of nitrogens with two attached hydrogens (primary N) is 1. The Balaban J connectivity index is 2.64. The van der Waals surface area contributed by atoms with Gasteiger partial charge in [0.25, 0.3) is 0 Å². The van der Waals surface area contributed by atoms with Gasteiger partial charge in [0.05, 0.1) is 14.2 Å². The van der Waals surface area contributed by atoms with E-state index < -0.39 is 0 Å². The SMILES string of the molecule is COc1cc(C)c(CCCCC(=O)NN)c(OC)c1. The molecule has 0 unspecified atom stereocenters. The first-order valence-electron chi connectivity index (χ1n) is 6.33. The molecule has 1 aromatic carbocycles. The molecule has 0 radical (unpaired) electrons. The molecule has 0 aliphatic heterocycles. The number of aryl methyl sites for hydroxylation is 1. The third-order valence-electron chi connectivity index (χ3n) is 3.10. The molecule has 0 aliphatic rings. The molecular formula is C14H22N2O3. The zero-order valence-corrected chi connectivity index (χ0v) is 11.8. The first-order valence-corrected chi connectivity index (χ1v) is 6.33. The average Bonchev–Trinajstić information content (AvgIpc) is 2.43. The topological polar surface area (TPSA) is 73.6 Å². The maximum atomic E-state index is 11.0. The zero-order valence-electron chi connectivity index (χ0n) is 11.8. The molecule has 0 fully saturated rings. The fourth-order valence-corrected chi connectivity index (χ4v) is 2.03. The van der Waals surface area contributed by atoms with Gasteiger partial charge < -0.3 is 9.47 Å². The quantitative estimate of drug-likeness (QED) is 0.341. The van der Waals surface area contributed by atoms with Crippen LogP contribution >= 0.6 is 0 Å². The van der Waals surface area contributed by atoms with Crippen molar-refractivity contribution in [3.63, 3.8) is 0 Å². The minimum Gasteiger partial charge on any atom is -0.497 e. The van der Waals surface area contributed by atoms with Crippen LogP contribution in [-0.4, -0.2) is 20.1 Å². The molecule has 1 aromatic rings. The predicted molar refractivity (Wildman–Crippen MR) is 74.2 cm³/mol. The molecule has 0 aliphatic carbocycles. The number of unbranched alkanes of at least 4 members (excludes halogenated alkanes) is 1. The van der Waals surface area contributed by atoms with Crippen LogP contribution in [0.25, 0.3) is 0 Å². The number of ether oxygens (including phenoxy) is 2. The zero-order chi connectivity index (χ0) is 14.3. The van der Waals surface area contributed by atoms with Crippen molar-refractivity contribution in [2.45, 2.75) is 32.6 Å². The van der Waals surface area contributed by atoms with Gasteiger partial charge in [-0.2, -0.15) is 0 Å². The van der Waals surface area contributed by atoms with Crippen LogP contribution < -0.4 is 20.7 Å². The molecule has 0 saturated heterocycles. The molecule has 5 heteroatoms. The molecule has 1 rings (SSSR count). The summed E-state index contributed by atoms with van der Waals surface area (Å²) in [5, 5.41) is 0. The van der Waals surface area contributed by atoms with Crippen LogP contribution in [0.2, 0.25) is 0 Å². The lowest BCUT2D eigenvalue weighted by Gasteiger charge is -2.13. The summed E-state index contributed by atoms with van der Waals surface area (Å²) in [6, 6.07) is 3.87. The van der Waals surface area contributed by atoms with E-state index in [1.165, 1.54) is 0 Å². The highest BCUT2D eigenvalue weighted by molar-refractivity contribution is 5.75. The lowest BCUT2D eigenvalue weighted by molar-refractivity contribution is -0.121. The van der Waals surface area contributed by atoms with Crippen LogP contribution in [-0.2, 0) is 11.2 Å². The normalized spacial score (nSPS) is 10.1. The standard InChI is InChI=1S/C14H22N2O3/c1-10-8-11(18-2)9-13(19-3)12(10)6-4-5-7-14(17)16-15/h8-9H,4-7,15H2,1-3H3,(H,16,17). The Morgan fingerprint density at radius 2 is 2.00 bits per heavy atom. The number of benzene rings is 1. The van der Waals surface area contributed by atoms with Crippen LogP contribution in [0.4, 0.5) is 0 Å². The molecule has 0 aromatic heterocycles.